The van der Waals surface area contributed by atoms with Crippen molar-refractivity contribution in [2.45, 2.75) is 12.8 Å². The van der Waals surface area contributed by atoms with Gasteiger partial charge in [-0.3, -0.25) is 9.52 Å². The van der Waals surface area contributed by atoms with Crippen LogP contribution in [0.4, 0.5) is 0 Å². The van der Waals surface area contributed by atoms with Gasteiger partial charge in [0.25, 0.3) is 0 Å². The van der Waals surface area contributed by atoms with E-state index >= 15 is 0 Å². The number of hydrogen-bond acceptors (Lipinski definition) is 3. The number of nitrogens with one attached hydrogen (secondary N) is 1. The Balaban J connectivity index is 0.000000640. The summed E-state index contributed by atoms with van der Waals surface area (Å²) in [4.78, 5) is 10.6. The van der Waals surface area contributed by atoms with Crippen LogP contribution in [0.25, 0.3) is 0 Å². The molecule has 0 spiro atoms. The molecule has 1 aliphatic heterocycles. The van der Waals surface area contributed by atoms with E-state index in [2.05, 4.69) is 4.72 Å². The van der Waals surface area contributed by atoms with Gasteiger partial charge in [0.15, 0.2) is 0 Å². The molecule has 9 heavy (non-hydrogen) atoms. The number of carbonyl (C=O) groups is 1. The van der Waals surface area contributed by atoms with E-state index in [4.69, 9.17) is 0 Å². The molecule has 4 heteroatoms. The first kappa shape index (κ1) is 9.46. The van der Waals surface area contributed by atoms with E-state index in [1.807, 2.05) is 0 Å². The zero-order valence-corrected chi connectivity index (χ0v) is 7.58. The SMILES string of the molecule is Br.O=C1CCNSCC1. The van der Waals surface area contributed by atoms with Crippen molar-refractivity contribution in [1.29, 1.82) is 0 Å². The minimum Gasteiger partial charge on any atom is -0.300 e. The topological polar surface area (TPSA) is 29.1 Å². The Bertz CT molecular complexity index is 89.0. The van der Waals surface area contributed by atoms with Crippen molar-refractivity contribution in [1.82, 2.24) is 4.72 Å². The normalized spacial score (nSPS) is 20.2. The quantitative estimate of drug-likeness (QED) is 0.611. The minimum absolute atomic E-state index is 0. The van der Waals surface area contributed by atoms with Gasteiger partial charge in [0, 0.05) is 25.1 Å². The molecule has 1 N–H and O–H groups in total. The molecule has 0 aliphatic carbocycles. The van der Waals surface area contributed by atoms with Crippen molar-refractivity contribution in [2.75, 3.05) is 12.3 Å². The number of Topliss-reactive ketones (excluding diaryl/α,β-unsaturated/α-hetero) is 1. The molecule has 0 radical (unpaired) electrons. The highest BCUT2D eigenvalue weighted by atomic mass is 79.9. The Labute approximate surface area is 69.7 Å². The summed E-state index contributed by atoms with van der Waals surface area (Å²) < 4.78 is 3.07. The minimum atomic E-state index is 0. The Morgan fingerprint density at radius 2 is 2.22 bits per heavy atom. The standard InChI is InChI=1S/C5H9NOS.BrH/c7-5-1-3-6-8-4-2-5;/h6H,1-4H2;1H. The Morgan fingerprint density at radius 1 is 1.44 bits per heavy atom. The fourth-order valence-corrected chi connectivity index (χ4v) is 1.35. The van der Waals surface area contributed by atoms with Gasteiger partial charge in [-0.1, -0.05) is 11.9 Å². The lowest BCUT2D eigenvalue weighted by atomic mass is 10.2. The lowest BCUT2D eigenvalue weighted by Crippen LogP contribution is -2.05. The molecule has 0 aromatic carbocycles. The van der Waals surface area contributed by atoms with Gasteiger partial charge in [0.2, 0.25) is 0 Å². The zero-order valence-electron chi connectivity index (χ0n) is 5.05. The molecular weight excluding hydrogens is 202 g/mol. The Kier molecular flexibility index (Phi) is 5.53. The smallest absolute Gasteiger partial charge is 0.135 e. The van der Waals surface area contributed by atoms with E-state index in [0.717, 1.165) is 18.7 Å². The number of ketones is 1. The van der Waals surface area contributed by atoms with Crippen molar-refractivity contribution in [3.8, 4) is 0 Å². The van der Waals surface area contributed by atoms with Crippen LogP contribution in [0.1, 0.15) is 12.8 Å². The third-order valence-electron chi connectivity index (χ3n) is 1.09. The maximum atomic E-state index is 10.6. The van der Waals surface area contributed by atoms with E-state index in [0.29, 0.717) is 12.2 Å². The Hall–Kier alpha value is 0.460. The van der Waals surface area contributed by atoms with Gasteiger partial charge >= 0.3 is 0 Å². The molecule has 1 aliphatic rings. The number of rotatable bonds is 0. The summed E-state index contributed by atoms with van der Waals surface area (Å²) in [6.07, 6.45) is 1.46. The third-order valence-corrected chi connectivity index (χ3v) is 1.91. The molecule has 0 aromatic rings. The second-order valence-electron chi connectivity index (χ2n) is 1.78. The van der Waals surface area contributed by atoms with Crippen LogP contribution < -0.4 is 4.72 Å². The maximum Gasteiger partial charge on any atom is 0.135 e. The Morgan fingerprint density at radius 3 is 3.00 bits per heavy atom. The molecule has 0 bridgehead atoms. The molecule has 1 heterocycles. The molecule has 0 amide bonds. The summed E-state index contributed by atoms with van der Waals surface area (Å²) in [5.41, 5.74) is 0. The van der Waals surface area contributed by atoms with E-state index in [9.17, 15) is 4.79 Å². The predicted molar refractivity (Wildman–Crippen MR) is 45.0 cm³/mol. The first-order valence-electron chi connectivity index (χ1n) is 2.76. The molecular formula is C5H10BrNOS. The van der Waals surface area contributed by atoms with Gasteiger partial charge in [-0.05, 0) is 0 Å². The van der Waals surface area contributed by atoms with E-state index < -0.39 is 0 Å². The summed E-state index contributed by atoms with van der Waals surface area (Å²) in [5.74, 6) is 1.33. The molecule has 1 fully saturated rings. The van der Waals surface area contributed by atoms with Crippen molar-refractivity contribution < 1.29 is 4.79 Å². The zero-order chi connectivity index (χ0) is 5.82. The lowest BCUT2D eigenvalue weighted by molar-refractivity contribution is -0.118. The van der Waals surface area contributed by atoms with Crippen LogP contribution in [-0.2, 0) is 4.79 Å². The van der Waals surface area contributed by atoms with Gasteiger partial charge in [-0.25, -0.2) is 0 Å². The molecule has 2 nitrogen and oxygen atoms in total. The summed E-state index contributed by atoms with van der Waals surface area (Å²) >= 11 is 1.65. The van der Waals surface area contributed by atoms with Gasteiger partial charge in [-0.2, -0.15) is 0 Å². The van der Waals surface area contributed by atoms with Crippen molar-refractivity contribution >= 4 is 34.7 Å². The lowest BCUT2D eigenvalue weighted by Gasteiger charge is -1.90. The van der Waals surface area contributed by atoms with Crippen LogP contribution in [0.3, 0.4) is 0 Å². The van der Waals surface area contributed by atoms with Crippen LogP contribution >= 0.6 is 28.9 Å². The van der Waals surface area contributed by atoms with Gasteiger partial charge in [0.1, 0.15) is 5.78 Å². The van der Waals surface area contributed by atoms with Gasteiger partial charge < -0.3 is 0 Å². The van der Waals surface area contributed by atoms with Crippen LogP contribution in [0.15, 0.2) is 0 Å². The van der Waals surface area contributed by atoms with Crippen LogP contribution in [0, 0.1) is 0 Å². The molecule has 1 saturated heterocycles. The van der Waals surface area contributed by atoms with E-state index in [1.165, 1.54) is 0 Å². The van der Waals surface area contributed by atoms with Crippen molar-refractivity contribution in [3.05, 3.63) is 0 Å². The summed E-state index contributed by atoms with van der Waals surface area (Å²) in [6.45, 7) is 0.851. The molecule has 0 atom stereocenters. The second-order valence-corrected chi connectivity index (χ2v) is 2.77. The highest BCUT2D eigenvalue weighted by Crippen LogP contribution is 2.03. The molecule has 54 valence electrons. The highest BCUT2D eigenvalue weighted by Gasteiger charge is 2.04. The van der Waals surface area contributed by atoms with E-state index in [-0.39, 0.29) is 17.0 Å². The molecule has 0 aromatic heterocycles. The molecule has 0 unspecified atom stereocenters. The monoisotopic (exact) mass is 211 g/mol. The van der Waals surface area contributed by atoms with Crippen LogP contribution in [0.2, 0.25) is 0 Å². The second kappa shape index (κ2) is 5.26. The molecule has 0 saturated carbocycles. The summed E-state index contributed by atoms with van der Waals surface area (Å²) in [6, 6.07) is 0. The average Bonchev–Trinajstić information content (AvgIpc) is 1.94. The number of carbonyl (C=O) groups excluding carboxylic acids is 1. The van der Waals surface area contributed by atoms with E-state index in [1.54, 1.807) is 11.9 Å². The maximum absolute atomic E-state index is 10.6. The summed E-state index contributed by atoms with van der Waals surface area (Å²) in [7, 11) is 0. The van der Waals surface area contributed by atoms with Crippen molar-refractivity contribution in [2.24, 2.45) is 0 Å². The molecule has 1 rings (SSSR count). The van der Waals surface area contributed by atoms with Crippen LogP contribution in [-0.4, -0.2) is 18.1 Å². The van der Waals surface area contributed by atoms with Gasteiger partial charge in [-0.15, -0.1) is 17.0 Å². The third kappa shape index (κ3) is 3.95. The fourth-order valence-electron chi connectivity index (χ4n) is 0.625. The first-order valence-corrected chi connectivity index (χ1v) is 3.74. The first-order chi connectivity index (χ1) is 3.89. The fraction of sp³-hybridized carbons (Fsp3) is 0.800. The van der Waals surface area contributed by atoms with Crippen molar-refractivity contribution in [3.63, 3.8) is 0 Å². The average molecular weight is 212 g/mol. The summed E-state index contributed by atoms with van der Waals surface area (Å²) in [5, 5.41) is 0. The van der Waals surface area contributed by atoms with Crippen LogP contribution in [0.5, 0.6) is 0 Å². The predicted octanol–water partition coefficient (Wildman–Crippen LogP) is 1.17. The highest BCUT2D eigenvalue weighted by molar-refractivity contribution is 8.93. The number of halogens is 1. The number of hydrogen-bond donors (Lipinski definition) is 1. The largest absolute Gasteiger partial charge is 0.300 e. The van der Waals surface area contributed by atoms with Gasteiger partial charge in [0.05, 0.1) is 0 Å².